The largest absolute Gasteiger partial charge is 0.376 e. The fourth-order valence-corrected chi connectivity index (χ4v) is 3.24. The van der Waals surface area contributed by atoms with Crippen LogP contribution < -0.4 is 10.6 Å². The third kappa shape index (κ3) is 4.39. The number of urea groups is 1. The van der Waals surface area contributed by atoms with Crippen LogP contribution in [0.1, 0.15) is 24.1 Å². The molecule has 1 aromatic rings. The number of nitrogens with one attached hydrogen (secondary N) is 2. The predicted molar refractivity (Wildman–Crippen MR) is 85.2 cm³/mol. The van der Waals surface area contributed by atoms with Crippen molar-refractivity contribution < 1.29 is 18.3 Å². The molecule has 6 nitrogen and oxygen atoms in total. The number of ether oxygens (including phenoxy) is 1. The van der Waals surface area contributed by atoms with Gasteiger partial charge in [0.1, 0.15) is 0 Å². The third-order valence-corrected chi connectivity index (χ3v) is 4.43. The number of alkyl halides is 2. The Hall–Kier alpha value is -1.80. The van der Waals surface area contributed by atoms with Gasteiger partial charge in [0.2, 0.25) is 0 Å². The van der Waals surface area contributed by atoms with E-state index in [4.69, 9.17) is 4.74 Å². The van der Waals surface area contributed by atoms with Gasteiger partial charge in [-0.3, -0.25) is 9.88 Å². The van der Waals surface area contributed by atoms with Gasteiger partial charge in [-0.2, -0.15) is 0 Å². The zero-order valence-corrected chi connectivity index (χ0v) is 13.4. The number of anilines is 1. The van der Waals surface area contributed by atoms with Crippen molar-refractivity contribution in [2.24, 2.45) is 0 Å². The molecule has 0 aromatic carbocycles. The van der Waals surface area contributed by atoms with Crippen LogP contribution in [-0.2, 0) is 17.8 Å². The molecule has 0 saturated carbocycles. The van der Waals surface area contributed by atoms with Crippen molar-refractivity contribution in [2.45, 2.75) is 38.3 Å². The minimum Gasteiger partial charge on any atom is -0.376 e. The highest BCUT2D eigenvalue weighted by Gasteiger charge is 2.27. The Bertz CT molecular complexity index is 585. The number of halogens is 2. The van der Waals surface area contributed by atoms with E-state index in [2.05, 4.69) is 15.6 Å². The molecule has 8 heteroatoms. The number of carbonyl (C=O) groups excluding carboxylic acids is 1. The number of aromatic nitrogens is 1. The average molecular weight is 340 g/mol. The van der Waals surface area contributed by atoms with E-state index in [1.54, 1.807) is 11.1 Å². The Labute approximate surface area is 139 Å². The van der Waals surface area contributed by atoms with Crippen molar-refractivity contribution in [2.75, 3.05) is 31.6 Å². The minimum absolute atomic E-state index is 0.0280. The van der Waals surface area contributed by atoms with Gasteiger partial charge >= 0.3 is 6.03 Å². The van der Waals surface area contributed by atoms with E-state index in [9.17, 15) is 13.6 Å². The van der Waals surface area contributed by atoms with Gasteiger partial charge < -0.3 is 15.4 Å². The van der Waals surface area contributed by atoms with Crippen LogP contribution in [0.3, 0.4) is 0 Å². The Balaban J connectivity index is 1.49. The van der Waals surface area contributed by atoms with Gasteiger partial charge in [-0.05, 0) is 25.5 Å². The van der Waals surface area contributed by atoms with E-state index in [-0.39, 0.29) is 18.6 Å². The topological polar surface area (TPSA) is 66.5 Å². The van der Waals surface area contributed by atoms with Crippen molar-refractivity contribution in [3.8, 4) is 0 Å². The van der Waals surface area contributed by atoms with Gasteiger partial charge in [0, 0.05) is 30.3 Å². The van der Waals surface area contributed by atoms with Gasteiger partial charge in [0.15, 0.2) is 0 Å². The summed E-state index contributed by atoms with van der Waals surface area (Å²) in [6.07, 6.45) is 1.77. The summed E-state index contributed by atoms with van der Waals surface area (Å²) in [6, 6.07) is 1.48. The molecule has 1 unspecified atom stereocenters. The second-order valence-corrected chi connectivity index (χ2v) is 6.15. The molecule has 2 aliphatic heterocycles. The third-order valence-electron chi connectivity index (χ3n) is 4.43. The first-order valence-electron chi connectivity index (χ1n) is 8.24. The molecule has 3 rings (SSSR count). The SMILES string of the molecule is O=C(NCC1CCCN1CC(F)F)Nc1cnc2c(c1)COCC2. The van der Waals surface area contributed by atoms with Crippen LogP contribution in [0, 0.1) is 0 Å². The number of amides is 2. The lowest BCUT2D eigenvalue weighted by Crippen LogP contribution is -2.43. The normalized spacial score (nSPS) is 20.9. The lowest BCUT2D eigenvalue weighted by atomic mass is 10.1. The highest BCUT2D eigenvalue weighted by atomic mass is 19.3. The molecule has 0 radical (unpaired) electrons. The number of carbonyl (C=O) groups is 1. The Morgan fingerprint density at radius 1 is 1.50 bits per heavy atom. The summed E-state index contributed by atoms with van der Waals surface area (Å²) in [5.41, 5.74) is 2.59. The molecule has 2 amide bonds. The highest BCUT2D eigenvalue weighted by molar-refractivity contribution is 5.89. The van der Waals surface area contributed by atoms with E-state index in [1.807, 2.05) is 6.07 Å². The number of fused-ring (bicyclic) bond motifs is 1. The van der Waals surface area contributed by atoms with Gasteiger partial charge in [-0.1, -0.05) is 0 Å². The second kappa shape index (κ2) is 7.85. The van der Waals surface area contributed by atoms with Crippen LogP contribution in [0.5, 0.6) is 0 Å². The van der Waals surface area contributed by atoms with E-state index < -0.39 is 6.43 Å². The van der Waals surface area contributed by atoms with Crippen LogP contribution in [0.25, 0.3) is 0 Å². The van der Waals surface area contributed by atoms with Crippen molar-refractivity contribution in [3.63, 3.8) is 0 Å². The van der Waals surface area contributed by atoms with E-state index in [0.29, 0.717) is 32.0 Å². The van der Waals surface area contributed by atoms with E-state index >= 15 is 0 Å². The molecule has 132 valence electrons. The first-order chi connectivity index (χ1) is 11.6. The van der Waals surface area contributed by atoms with Crippen molar-refractivity contribution in [1.82, 2.24) is 15.2 Å². The highest BCUT2D eigenvalue weighted by Crippen LogP contribution is 2.19. The molecule has 2 N–H and O–H groups in total. The zero-order chi connectivity index (χ0) is 16.9. The van der Waals surface area contributed by atoms with Crippen LogP contribution in [0.2, 0.25) is 0 Å². The summed E-state index contributed by atoms with van der Waals surface area (Å²) in [7, 11) is 0. The number of rotatable bonds is 5. The fraction of sp³-hybridized carbons (Fsp3) is 0.625. The van der Waals surface area contributed by atoms with Crippen molar-refractivity contribution in [1.29, 1.82) is 0 Å². The maximum atomic E-state index is 12.5. The summed E-state index contributed by atoms with van der Waals surface area (Å²) in [4.78, 5) is 18.1. The van der Waals surface area contributed by atoms with E-state index in [1.165, 1.54) is 0 Å². The van der Waals surface area contributed by atoms with Gasteiger partial charge in [0.05, 0.1) is 31.6 Å². The van der Waals surface area contributed by atoms with Crippen LogP contribution >= 0.6 is 0 Å². The number of nitrogens with zero attached hydrogens (tertiary/aromatic N) is 2. The molecule has 1 aromatic heterocycles. The molecule has 2 aliphatic rings. The summed E-state index contributed by atoms with van der Waals surface area (Å²) in [5, 5.41) is 5.50. The minimum atomic E-state index is -2.34. The molecule has 3 heterocycles. The predicted octanol–water partition coefficient (Wildman–Crippen LogP) is 2.01. The summed E-state index contributed by atoms with van der Waals surface area (Å²) < 4.78 is 30.4. The maximum absolute atomic E-state index is 12.5. The monoisotopic (exact) mass is 340 g/mol. The molecule has 0 bridgehead atoms. The maximum Gasteiger partial charge on any atom is 0.319 e. The molecule has 24 heavy (non-hydrogen) atoms. The molecule has 0 spiro atoms. The first-order valence-corrected chi connectivity index (χ1v) is 8.24. The number of hydrogen-bond acceptors (Lipinski definition) is 4. The smallest absolute Gasteiger partial charge is 0.319 e. The summed E-state index contributed by atoms with van der Waals surface area (Å²) in [6.45, 7) is 1.96. The molecule has 1 fully saturated rings. The average Bonchev–Trinajstić information content (AvgIpc) is 2.99. The van der Waals surface area contributed by atoms with Crippen LogP contribution in [0.4, 0.5) is 19.3 Å². The Kier molecular flexibility index (Phi) is 5.57. The quantitative estimate of drug-likeness (QED) is 0.860. The number of pyridine rings is 1. The molecule has 0 aliphatic carbocycles. The number of hydrogen-bond donors (Lipinski definition) is 2. The fourth-order valence-electron chi connectivity index (χ4n) is 3.24. The zero-order valence-electron chi connectivity index (χ0n) is 13.4. The van der Waals surface area contributed by atoms with Crippen LogP contribution in [-0.4, -0.2) is 54.6 Å². The van der Waals surface area contributed by atoms with Crippen molar-refractivity contribution >= 4 is 11.7 Å². The van der Waals surface area contributed by atoms with Gasteiger partial charge in [-0.15, -0.1) is 0 Å². The van der Waals surface area contributed by atoms with Gasteiger partial charge in [-0.25, -0.2) is 13.6 Å². The summed E-state index contributed by atoms with van der Waals surface area (Å²) in [5.74, 6) is 0. The number of likely N-dealkylation sites (tertiary alicyclic amines) is 1. The van der Waals surface area contributed by atoms with E-state index in [0.717, 1.165) is 30.5 Å². The lowest BCUT2D eigenvalue weighted by molar-refractivity contribution is 0.0826. The van der Waals surface area contributed by atoms with Gasteiger partial charge in [0.25, 0.3) is 6.43 Å². The first kappa shape index (κ1) is 17.0. The standard InChI is InChI=1S/C16H22F2N4O2/c17-15(18)9-22-4-1-2-13(22)8-20-16(23)21-12-6-11-10-24-5-3-14(11)19-7-12/h6-7,13,15H,1-5,8-10H2,(H2,20,21,23). The van der Waals surface area contributed by atoms with Crippen LogP contribution in [0.15, 0.2) is 12.3 Å². The molecule has 1 atom stereocenters. The lowest BCUT2D eigenvalue weighted by Gasteiger charge is -2.24. The molecule has 1 saturated heterocycles. The Morgan fingerprint density at radius 2 is 2.38 bits per heavy atom. The second-order valence-electron chi connectivity index (χ2n) is 6.15. The molecular weight excluding hydrogens is 318 g/mol. The Morgan fingerprint density at radius 3 is 3.21 bits per heavy atom. The summed E-state index contributed by atoms with van der Waals surface area (Å²) >= 11 is 0. The molecular formula is C16H22F2N4O2. The van der Waals surface area contributed by atoms with Crippen molar-refractivity contribution in [3.05, 3.63) is 23.5 Å².